The maximum atomic E-state index is 11.9. The van der Waals surface area contributed by atoms with Gasteiger partial charge in [-0.05, 0) is 42.5 Å². The normalized spacial score (nSPS) is 9.74. The Kier molecular flexibility index (Phi) is 6.03. The number of nitriles is 1. The zero-order valence-electron chi connectivity index (χ0n) is 11.9. The number of hydrogen-bond donors (Lipinski definition) is 2. The van der Waals surface area contributed by atoms with Gasteiger partial charge in [-0.15, -0.1) is 11.8 Å². The first kappa shape index (κ1) is 16.9. The topological polar surface area (TPSA) is 82.0 Å². The van der Waals surface area contributed by atoms with Crippen LogP contribution in [0.4, 0.5) is 0 Å². The van der Waals surface area contributed by atoms with E-state index in [-0.39, 0.29) is 11.7 Å². The van der Waals surface area contributed by atoms with Crippen LogP contribution in [-0.4, -0.2) is 17.6 Å². The number of nitrogens with one attached hydrogen (secondary N) is 2. The van der Waals surface area contributed by atoms with Crippen LogP contribution in [-0.2, 0) is 4.79 Å². The van der Waals surface area contributed by atoms with Gasteiger partial charge in [0.25, 0.3) is 5.91 Å². The molecule has 2 aromatic rings. The molecule has 0 saturated heterocycles. The van der Waals surface area contributed by atoms with Crippen molar-refractivity contribution in [3.05, 3.63) is 64.7 Å². The lowest BCUT2D eigenvalue weighted by molar-refractivity contribution is -0.119. The smallest absolute Gasteiger partial charge is 0.269 e. The molecule has 7 heteroatoms. The highest BCUT2D eigenvalue weighted by atomic mass is 35.5. The molecule has 23 heavy (non-hydrogen) atoms. The standard InChI is InChI=1S/C16H12ClN3O2S/c17-13-4-6-14(7-5-13)23-10-15(21)19-20-16(22)12-3-1-2-11(8-12)9-18/h1-8H,10H2,(H,19,21)(H,20,22). The maximum absolute atomic E-state index is 11.9. The first-order chi connectivity index (χ1) is 11.1. The summed E-state index contributed by atoms with van der Waals surface area (Å²) in [7, 11) is 0. The SMILES string of the molecule is N#Cc1cccc(C(=O)NNC(=O)CSc2ccc(Cl)cc2)c1. The molecule has 5 nitrogen and oxygen atoms in total. The van der Waals surface area contributed by atoms with Crippen molar-refractivity contribution < 1.29 is 9.59 Å². The number of amides is 2. The number of carbonyl (C=O) groups excluding carboxylic acids is 2. The second-order valence-corrected chi connectivity index (χ2v) is 5.92. The summed E-state index contributed by atoms with van der Waals surface area (Å²) in [5, 5.41) is 9.43. The van der Waals surface area contributed by atoms with E-state index in [2.05, 4.69) is 10.9 Å². The highest BCUT2D eigenvalue weighted by Gasteiger charge is 2.08. The van der Waals surface area contributed by atoms with Crippen LogP contribution >= 0.6 is 23.4 Å². The largest absolute Gasteiger partial charge is 0.272 e. The Balaban J connectivity index is 1.80. The van der Waals surface area contributed by atoms with E-state index in [1.807, 2.05) is 18.2 Å². The summed E-state index contributed by atoms with van der Waals surface area (Å²) >= 11 is 7.11. The Labute approximate surface area is 142 Å². The molecule has 0 aliphatic heterocycles. The van der Waals surface area contributed by atoms with Crippen molar-refractivity contribution in [3.8, 4) is 6.07 Å². The van der Waals surface area contributed by atoms with Crippen molar-refractivity contribution in [1.82, 2.24) is 10.9 Å². The molecular formula is C16H12ClN3O2S. The lowest BCUT2D eigenvalue weighted by atomic mass is 10.1. The summed E-state index contributed by atoms with van der Waals surface area (Å²) in [5.74, 6) is -0.665. The van der Waals surface area contributed by atoms with Crippen LogP contribution in [0.25, 0.3) is 0 Å². The molecule has 0 atom stereocenters. The maximum Gasteiger partial charge on any atom is 0.269 e. The average Bonchev–Trinajstić information content (AvgIpc) is 2.59. The van der Waals surface area contributed by atoms with Gasteiger partial charge < -0.3 is 0 Å². The van der Waals surface area contributed by atoms with E-state index in [0.717, 1.165) is 4.90 Å². The van der Waals surface area contributed by atoms with Crippen LogP contribution in [0.3, 0.4) is 0 Å². The summed E-state index contributed by atoms with van der Waals surface area (Å²) in [6.07, 6.45) is 0. The van der Waals surface area contributed by atoms with Crippen molar-refractivity contribution in [1.29, 1.82) is 5.26 Å². The van der Waals surface area contributed by atoms with Gasteiger partial charge in [0.15, 0.2) is 0 Å². The number of halogens is 1. The molecule has 2 amide bonds. The molecule has 0 aliphatic carbocycles. The van der Waals surface area contributed by atoms with Gasteiger partial charge in [-0.1, -0.05) is 17.7 Å². The van der Waals surface area contributed by atoms with Crippen LogP contribution in [0, 0.1) is 11.3 Å². The number of hydrazine groups is 1. The molecular weight excluding hydrogens is 334 g/mol. The second kappa shape index (κ2) is 8.22. The van der Waals surface area contributed by atoms with E-state index in [1.54, 1.807) is 30.3 Å². The zero-order chi connectivity index (χ0) is 16.7. The zero-order valence-corrected chi connectivity index (χ0v) is 13.4. The molecule has 2 aromatic carbocycles. The number of thioether (sulfide) groups is 1. The average molecular weight is 346 g/mol. The van der Waals surface area contributed by atoms with Crippen LogP contribution < -0.4 is 10.9 Å². The van der Waals surface area contributed by atoms with Gasteiger partial charge in [0.2, 0.25) is 5.91 Å². The molecule has 0 saturated carbocycles. The predicted molar refractivity (Wildman–Crippen MR) is 88.9 cm³/mol. The molecule has 0 aromatic heterocycles. The number of hydrogen-bond acceptors (Lipinski definition) is 4. The van der Waals surface area contributed by atoms with Crippen LogP contribution in [0.1, 0.15) is 15.9 Å². The van der Waals surface area contributed by atoms with Crippen molar-refractivity contribution >= 4 is 35.2 Å². The molecule has 0 spiro atoms. The van der Waals surface area contributed by atoms with Gasteiger partial charge in [0.05, 0.1) is 17.4 Å². The fraction of sp³-hybridized carbons (Fsp3) is 0.0625. The monoisotopic (exact) mass is 345 g/mol. The summed E-state index contributed by atoms with van der Waals surface area (Å²) < 4.78 is 0. The Morgan fingerprint density at radius 1 is 1.13 bits per heavy atom. The highest BCUT2D eigenvalue weighted by molar-refractivity contribution is 8.00. The predicted octanol–water partition coefficient (Wildman–Crippen LogP) is 2.76. The molecule has 2 rings (SSSR count). The van der Waals surface area contributed by atoms with Gasteiger partial charge in [0.1, 0.15) is 0 Å². The number of rotatable bonds is 4. The first-order valence-corrected chi connectivity index (χ1v) is 7.92. The van der Waals surface area contributed by atoms with Crippen molar-refractivity contribution in [2.75, 3.05) is 5.75 Å². The first-order valence-electron chi connectivity index (χ1n) is 6.56. The third-order valence-electron chi connectivity index (χ3n) is 2.75. The number of nitrogens with zero attached hydrogens (tertiary/aromatic N) is 1. The van der Waals surface area contributed by atoms with Crippen LogP contribution in [0.5, 0.6) is 0 Å². The second-order valence-electron chi connectivity index (χ2n) is 4.44. The fourth-order valence-corrected chi connectivity index (χ4v) is 2.47. The molecule has 2 N–H and O–H groups in total. The lowest BCUT2D eigenvalue weighted by Crippen LogP contribution is -2.42. The summed E-state index contributed by atoms with van der Waals surface area (Å²) in [6.45, 7) is 0. The van der Waals surface area contributed by atoms with Gasteiger partial charge >= 0.3 is 0 Å². The van der Waals surface area contributed by atoms with E-state index >= 15 is 0 Å². The van der Waals surface area contributed by atoms with E-state index in [4.69, 9.17) is 16.9 Å². The minimum Gasteiger partial charge on any atom is -0.272 e. The fourth-order valence-electron chi connectivity index (χ4n) is 1.64. The van der Waals surface area contributed by atoms with E-state index in [0.29, 0.717) is 16.1 Å². The van der Waals surface area contributed by atoms with Crippen molar-refractivity contribution in [3.63, 3.8) is 0 Å². The lowest BCUT2D eigenvalue weighted by Gasteiger charge is -2.07. The molecule has 0 heterocycles. The van der Waals surface area contributed by atoms with Crippen LogP contribution in [0.2, 0.25) is 5.02 Å². The molecule has 116 valence electrons. The van der Waals surface area contributed by atoms with Gasteiger partial charge in [-0.25, -0.2) is 0 Å². The van der Waals surface area contributed by atoms with Gasteiger partial charge in [0, 0.05) is 15.5 Å². The molecule has 0 unspecified atom stereocenters. The van der Waals surface area contributed by atoms with E-state index in [9.17, 15) is 9.59 Å². The van der Waals surface area contributed by atoms with Crippen molar-refractivity contribution in [2.45, 2.75) is 4.90 Å². The minimum absolute atomic E-state index is 0.153. The van der Waals surface area contributed by atoms with Crippen LogP contribution in [0.15, 0.2) is 53.4 Å². The van der Waals surface area contributed by atoms with Gasteiger partial charge in [-0.3, -0.25) is 20.4 Å². The molecule has 0 fully saturated rings. The Morgan fingerprint density at radius 2 is 1.87 bits per heavy atom. The van der Waals surface area contributed by atoms with Crippen molar-refractivity contribution in [2.24, 2.45) is 0 Å². The summed E-state index contributed by atoms with van der Waals surface area (Å²) in [5.41, 5.74) is 5.32. The number of carbonyl (C=O) groups is 2. The van der Waals surface area contributed by atoms with Gasteiger partial charge in [-0.2, -0.15) is 5.26 Å². The molecule has 0 bridgehead atoms. The Hall–Kier alpha value is -2.49. The summed E-state index contributed by atoms with van der Waals surface area (Å²) in [6, 6.07) is 15.3. The quantitative estimate of drug-likeness (QED) is 0.659. The minimum atomic E-state index is -0.480. The molecule has 0 aliphatic rings. The third-order valence-corrected chi connectivity index (χ3v) is 4.02. The molecule has 0 radical (unpaired) electrons. The highest BCUT2D eigenvalue weighted by Crippen LogP contribution is 2.19. The Bertz CT molecular complexity index is 757. The summed E-state index contributed by atoms with van der Waals surface area (Å²) in [4.78, 5) is 24.5. The van der Waals surface area contributed by atoms with E-state index in [1.165, 1.54) is 17.8 Å². The number of benzene rings is 2. The third kappa shape index (κ3) is 5.33. The Morgan fingerprint density at radius 3 is 2.57 bits per heavy atom. The van der Waals surface area contributed by atoms with E-state index < -0.39 is 5.91 Å².